The van der Waals surface area contributed by atoms with E-state index in [-0.39, 0.29) is 19.6 Å². The van der Waals surface area contributed by atoms with E-state index in [1.807, 2.05) is 32.8 Å². The number of ether oxygens (including phenoxy) is 2. The third-order valence-corrected chi connectivity index (χ3v) is 4.58. The number of hydrogen-bond donors (Lipinski definition) is 0. The third kappa shape index (κ3) is 2.85. The number of carbonyl (C=O) groups is 2. The molecule has 0 atom stereocenters. The van der Waals surface area contributed by atoms with Gasteiger partial charge in [0, 0.05) is 32.6 Å². The van der Waals surface area contributed by atoms with Gasteiger partial charge in [-0.1, -0.05) is 0 Å². The van der Waals surface area contributed by atoms with Gasteiger partial charge in [-0.25, -0.2) is 4.98 Å². The Balaban J connectivity index is 2.55. The molecule has 1 aliphatic rings. The van der Waals surface area contributed by atoms with Gasteiger partial charge in [0.25, 0.3) is 0 Å². The molecule has 0 fully saturated rings. The number of rotatable bonds is 5. The molecule has 1 heterocycles. The summed E-state index contributed by atoms with van der Waals surface area (Å²) in [7, 11) is 3.86. The van der Waals surface area contributed by atoms with Gasteiger partial charge >= 0.3 is 11.9 Å². The largest absolute Gasteiger partial charge is 0.465 e. The minimum Gasteiger partial charge on any atom is -0.465 e. The van der Waals surface area contributed by atoms with Crippen LogP contribution in [0, 0.1) is 19.3 Å². The topological polar surface area (TPSA) is 68.7 Å². The van der Waals surface area contributed by atoms with Crippen molar-refractivity contribution in [3.8, 4) is 0 Å². The van der Waals surface area contributed by atoms with Crippen LogP contribution in [-0.2, 0) is 31.9 Å². The molecule has 0 unspecified atom stereocenters. The summed E-state index contributed by atoms with van der Waals surface area (Å²) in [5.74, 6) is -0.163. The van der Waals surface area contributed by atoms with Crippen LogP contribution in [0.2, 0.25) is 0 Å². The molecule has 0 N–H and O–H groups in total. The van der Waals surface area contributed by atoms with Gasteiger partial charge in [-0.05, 0) is 44.4 Å². The molecule has 0 aromatic carbocycles. The highest BCUT2D eigenvalue weighted by molar-refractivity contribution is 6.02. The van der Waals surface area contributed by atoms with Gasteiger partial charge in [0.2, 0.25) is 0 Å². The van der Waals surface area contributed by atoms with Gasteiger partial charge in [0.05, 0.1) is 13.2 Å². The SMILES string of the molecule is CCOC(=O)C1(C(=O)OCC)Cc2c(C)nc(N(C)C)c(C)c2C1. The summed E-state index contributed by atoms with van der Waals surface area (Å²) >= 11 is 0. The number of fused-ring (bicyclic) bond motifs is 1. The molecule has 0 amide bonds. The van der Waals surface area contributed by atoms with Crippen LogP contribution in [0.3, 0.4) is 0 Å². The Morgan fingerprint density at radius 1 is 1.04 bits per heavy atom. The van der Waals surface area contributed by atoms with Crippen molar-refractivity contribution < 1.29 is 19.1 Å². The van der Waals surface area contributed by atoms with E-state index in [1.54, 1.807) is 13.8 Å². The molecule has 6 nitrogen and oxygen atoms in total. The number of nitrogens with zero attached hydrogens (tertiary/aromatic N) is 2. The molecule has 132 valence electrons. The number of esters is 2. The maximum absolute atomic E-state index is 12.6. The lowest BCUT2D eigenvalue weighted by atomic mass is 9.84. The van der Waals surface area contributed by atoms with Crippen LogP contribution < -0.4 is 4.90 Å². The standard InChI is InChI=1S/C18H26N2O4/c1-7-23-16(21)18(17(22)24-8-2)9-13-11(3)15(20(5)6)19-12(4)14(13)10-18/h7-10H2,1-6H3. The zero-order valence-electron chi connectivity index (χ0n) is 15.4. The highest BCUT2D eigenvalue weighted by atomic mass is 16.6. The molecule has 0 aliphatic heterocycles. The quantitative estimate of drug-likeness (QED) is 0.606. The highest BCUT2D eigenvalue weighted by Gasteiger charge is 2.54. The smallest absolute Gasteiger partial charge is 0.324 e. The Hall–Kier alpha value is -2.11. The first kappa shape index (κ1) is 18.2. The second-order valence-corrected chi connectivity index (χ2v) is 6.37. The summed E-state index contributed by atoms with van der Waals surface area (Å²) < 4.78 is 10.4. The second kappa shape index (κ2) is 6.79. The molecule has 0 bridgehead atoms. The van der Waals surface area contributed by atoms with E-state index in [0.29, 0.717) is 6.42 Å². The lowest BCUT2D eigenvalue weighted by molar-refractivity contribution is -0.171. The molecule has 1 aromatic heterocycles. The van der Waals surface area contributed by atoms with E-state index in [9.17, 15) is 9.59 Å². The Morgan fingerprint density at radius 2 is 1.54 bits per heavy atom. The molecule has 6 heteroatoms. The fraction of sp³-hybridized carbons (Fsp3) is 0.611. The van der Waals surface area contributed by atoms with Crippen molar-refractivity contribution >= 4 is 17.8 Å². The normalized spacial score (nSPS) is 14.9. The van der Waals surface area contributed by atoms with E-state index in [4.69, 9.17) is 9.47 Å². The van der Waals surface area contributed by atoms with Gasteiger partial charge < -0.3 is 14.4 Å². The predicted molar refractivity (Wildman–Crippen MR) is 91.1 cm³/mol. The molecule has 1 aliphatic carbocycles. The molecule has 24 heavy (non-hydrogen) atoms. The molecule has 2 rings (SSSR count). The molecule has 0 spiro atoms. The number of pyridine rings is 1. The first-order chi connectivity index (χ1) is 11.3. The molecule has 0 saturated carbocycles. The monoisotopic (exact) mass is 334 g/mol. The van der Waals surface area contributed by atoms with E-state index in [2.05, 4.69) is 4.98 Å². The number of carbonyl (C=O) groups excluding carboxylic acids is 2. The van der Waals surface area contributed by atoms with Gasteiger partial charge in [-0.15, -0.1) is 0 Å². The lowest BCUT2D eigenvalue weighted by Gasteiger charge is -2.24. The molecular formula is C18H26N2O4. The summed E-state index contributed by atoms with van der Waals surface area (Å²) in [5.41, 5.74) is 2.51. The molecular weight excluding hydrogens is 308 g/mol. The van der Waals surface area contributed by atoms with E-state index in [0.717, 1.165) is 28.2 Å². The minimum absolute atomic E-state index is 0.232. The van der Waals surface area contributed by atoms with Crippen molar-refractivity contribution in [1.29, 1.82) is 0 Å². The van der Waals surface area contributed by atoms with Crippen LogP contribution in [0.5, 0.6) is 0 Å². The van der Waals surface area contributed by atoms with Crippen LogP contribution in [0.25, 0.3) is 0 Å². The van der Waals surface area contributed by atoms with Crippen LogP contribution >= 0.6 is 0 Å². The van der Waals surface area contributed by atoms with Crippen molar-refractivity contribution in [2.24, 2.45) is 5.41 Å². The first-order valence-corrected chi connectivity index (χ1v) is 8.29. The third-order valence-electron chi connectivity index (χ3n) is 4.58. The first-order valence-electron chi connectivity index (χ1n) is 8.29. The summed E-state index contributed by atoms with van der Waals surface area (Å²) in [5, 5.41) is 0. The predicted octanol–water partition coefficient (Wildman–Crippen LogP) is 1.98. The van der Waals surface area contributed by atoms with E-state index in [1.165, 1.54) is 0 Å². The van der Waals surface area contributed by atoms with Crippen molar-refractivity contribution in [3.05, 3.63) is 22.4 Å². The number of hydrogen-bond acceptors (Lipinski definition) is 6. The number of anilines is 1. The second-order valence-electron chi connectivity index (χ2n) is 6.37. The van der Waals surface area contributed by atoms with Gasteiger partial charge in [-0.2, -0.15) is 0 Å². The summed E-state index contributed by atoms with van der Waals surface area (Å²) in [4.78, 5) is 31.9. The van der Waals surface area contributed by atoms with Crippen LogP contribution in [0.15, 0.2) is 0 Å². The van der Waals surface area contributed by atoms with Crippen molar-refractivity contribution in [2.75, 3.05) is 32.2 Å². The zero-order valence-corrected chi connectivity index (χ0v) is 15.4. The van der Waals surface area contributed by atoms with Crippen LogP contribution in [0.1, 0.15) is 36.2 Å². The average molecular weight is 334 g/mol. The van der Waals surface area contributed by atoms with Crippen molar-refractivity contribution in [2.45, 2.75) is 40.5 Å². The van der Waals surface area contributed by atoms with E-state index < -0.39 is 17.4 Å². The summed E-state index contributed by atoms with van der Waals surface area (Å²) in [6.45, 7) is 7.83. The molecule has 0 saturated heterocycles. The Labute approximate surface area is 143 Å². The summed E-state index contributed by atoms with van der Waals surface area (Å²) in [6, 6.07) is 0. The highest BCUT2D eigenvalue weighted by Crippen LogP contribution is 2.43. The minimum atomic E-state index is -1.30. The fourth-order valence-corrected chi connectivity index (χ4v) is 3.38. The van der Waals surface area contributed by atoms with Crippen LogP contribution in [-0.4, -0.2) is 44.2 Å². The average Bonchev–Trinajstić information content (AvgIpc) is 2.94. The Morgan fingerprint density at radius 3 is 2.00 bits per heavy atom. The number of aryl methyl sites for hydroxylation is 1. The maximum atomic E-state index is 12.6. The fourth-order valence-electron chi connectivity index (χ4n) is 3.38. The zero-order chi connectivity index (χ0) is 18.1. The van der Waals surface area contributed by atoms with Crippen LogP contribution in [0.4, 0.5) is 5.82 Å². The summed E-state index contributed by atoms with van der Waals surface area (Å²) in [6.07, 6.45) is 0.587. The Bertz CT molecular complexity index is 649. The Kier molecular flexibility index (Phi) is 5.16. The lowest BCUT2D eigenvalue weighted by Crippen LogP contribution is -2.43. The van der Waals surface area contributed by atoms with Gasteiger partial charge in [-0.3, -0.25) is 9.59 Å². The van der Waals surface area contributed by atoms with Crippen molar-refractivity contribution in [3.63, 3.8) is 0 Å². The number of aromatic nitrogens is 1. The van der Waals surface area contributed by atoms with Gasteiger partial charge in [0.15, 0.2) is 5.41 Å². The van der Waals surface area contributed by atoms with E-state index >= 15 is 0 Å². The van der Waals surface area contributed by atoms with Gasteiger partial charge in [0.1, 0.15) is 5.82 Å². The molecule has 1 aromatic rings. The maximum Gasteiger partial charge on any atom is 0.324 e. The van der Waals surface area contributed by atoms with Crippen molar-refractivity contribution in [1.82, 2.24) is 4.98 Å². The molecule has 0 radical (unpaired) electrons.